The number of anilines is 1. The molecule has 170 valence electrons. The van der Waals surface area contributed by atoms with Crippen LogP contribution in [0.1, 0.15) is 42.7 Å². The molecule has 0 radical (unpaired) electrons. The molecule has 0 bridgehead atoms. The number of thiazole rings is 1. The third-order valence-corrected chi connectivity index (χ3v) is 7.23. The second-order valence-electron chi connectivity index (χ2n) is 8.57. The number of hydrogen-bond acceptors (Lipinski definition) is 6. The van der Waals surface area contributed by atoms with Gasteiger partial charge in [-0.25, -0.2) is 15.0 Å². The van der Waals surface area contributed by atoms with Gasteiger partial charge < -0.3 is 10.2 Å². The highest BCUT2D eigenvalue weighted by molar-refractivity contribution is 7.15. The largest absolute Gasteiger partial charge is 0.352 e. The van der Waals surface area contributed by atoms with E-state index in [9.17, 15) is 4.79 Å². The van der Waals surface area contributed by atoms with Crippen LogP contribution < -0.4 is 5.32 Å². The second kappa shape index (κ2) is 9.31. The van der Waals surface area contributed by atoms with Crippen LogP contribution in [0.2, 0.25) is 0 Å². The van der Waals surface area contributed by atoms with Crippen molar-refractivity contribution in [2.75, 3.05) is 18.4 Å². The Balaban J connectivity index is 1.45. The van der Waals surface area contributed by atoms with Gasteiger partial charge in [0.15, 0.2) is 4.96 Å². The minimum atomic E-state index is 0.0281. The Morgan fingerprint density at radius 2 is 2.00 bits per heavy atom. The molecule has 1 aliphatic rings. The van der Waals surface area contributed by atoms with Gasteiger partial charge in [-0.2, -0.15) is 0 Å². The van der Waals surface area contributed by atoms with Crippen molar-refractivity contribution in [3.05, 3.63) is 65.6 Å². The molecule has 1 saturated heterocycles. The number of nitrogens with one attached hydrogen (secondary N) is 1. The summed E-state index contributed by atoms with van der Waals surface area (Å²) in [6.07, 6.45) is 8.66. The number of rotatable bonds is 6. The molecule has 3 aromatic heterocycles. The first-order chi connectivity index (χ1) is 16.2. The maximum Gasteiger partial charge on any atom is 0.273 e. The lowest BCUT2D eigenvalue weighted by Gasteiger charge is -2.40. The number of nitrogens with zero attached hydrogens (tertiary/aromatic N) is 5. The maximum atomic E-state index is 14.0. The third kappa shape index (κ3) is 4.23. The Kier molecular flexibility index (Phi) is 6.09. The summed E-state index contributed by atoms with van der Waals surface area (Å²) < 4.78 is 1.94. The van der Waals surface area contributed by atoms with Crippen molar-refractivity contribution in [2.45, 2.75) is 39.2 Å². The lowest BCUT2D eigenvalue weighted by Crippen LogP contribution is -2.51. The molecule has 7 nitrogen and oxygen atoms in total. The van der Waals surface area contributed by atoms with E-state index in [1.165, 1.54) is 0 Å². The zero-order valence-corrected chi connectivity index (χ0v) is 19.8. The monoisotopic (exact) mass is 460 g/mol. The number of likely N-dealkylation sites (tertiary alicyclic amines) is 1. The van der Waals surface area contributed by atoms with E-state index in [1.54, 1.807) is 11.3 Å². The predicted molar refractivity (Wildman–Crippen MR) is 132 cm³/mol. The minimum absolute atomic E-state index is 0.0281. The van der Waals surface area contributed by atoms with E-state index in [1.807, 2.05) is 63.6 Å². The van der Waals surface area contributed by atoms with Gasteiger partial charge in [0, 0.05) is 42.6 Å². The summed E-state index contributed by atoms with van der Waals surface area (Å²) in [7, 11) is 0. The summed E-state index contributed by atoms with van der Waals surface area (Å²) in [5.41, 5.74) is 3.45. The standard InChI is InChI=1S/C25H28N6OS/c1-3-18-14-26-24(27-15-18)28-16-20-17(2)8-7-11-30(20)23(32)22-21(19-9-5-4-6-10-19)29-25-31(22)12-13-33-25/h4-6,9-10,12-15,17,20H,3,7-8,11,16H2,1-2H3,(H,26,27,28). The number of aryl methyl sites for hydroxylation is 1. The number of imidazole rings is 1. The van der Waals surface area contributed by atoms with Crippen LogP contribution in [0.25, 0.3) is 16.2 Å². The molecule has 1 fully saturated rings. The van der Waals surface area contributed by atoms with Crippen LogP contribution in [0.3, 0.4) is 0 Å². The van der Waals surface area contributed by atoms with Gasteiger partial charge in [0.2, 0.25) is 5.95 Å². The number of piperidine rings is 1. The van der Waals surface area contributed by atoms with Crippen molar-refractivity contribution in [1.82, 2.24) is 24.3 Å². The van der Waals surface area contributed by atoms with E-state index in [2.05, 4.69) is 29.1 Å². The van der Waals surface area contributed by atoms with Crippen molar-refractivity contribution >= 4 is 28.2 Å². The smallest absolute Gasteiger partial charge is 0.273 e. The van der Waals surface area contributed by atoms with Crippen molar-refractivity contribution in [2.24, 2.45) is 5.92 Å². The molecule has 1 amide bonds. The highest BCUT2D eigenvalue weighted by atomic mass is 32.1. The van der Waals surface area contributed by atoms with Gasteiger partial charge in [-0.15, -0.1) is 11.3 Å². The number of carbonyl (C=O) groups is 1. The minimum Gasteiger partial charge on any atom is -0.352 e. The first kappa shape index (κ1) is 21.6. The number of benzene rings is 1. The molecule has 0 spiro atoms. The SMILES string of the molecule is CCc1cnc(NCC2C(C)CCCN2C(=O)c2c(-c3ccccc3)nc3sccn23)nc1. The fourth-order valence-electron chi connectivity index (χ4n) is 4.56. The average Bonchev–Trinajstić information content (AvgIpc) is 3.45. The van der Waals surface area contributed by atoms with Gasteiger partial charge >= 0.3 is 0 Å². The molecule has 2 unspecified atom stereocenters. The molecule has 4 heterocycles. The van der Waals surface area contributed by atoms with Crippen LogP contribution in [0.4, 0.5) is 5.95 Å². The van der Waals surface area contributed by atoms with E-state index in [-0.39, 0.29) is 11.9 Å². The Bertz CT molecular complexity index is 1230. The first-order valence-electron chi connectivity index (χ1n) is 11.5. The van der Waals surface area contributed by atoms with Crippen LogP contribution in [0.15, 0.2) is 54.3 Å². The molecule has 1 N–H and O–H groups in total. The Labute approximate surface area is 197 Å². The quantitative estimate of drug-likeness (QED) is 0.449. The molecule has 0 aliphatic carbocycles. The molecule has 1 aliphatic heterocycles. The van der Waals surface area contributed by atoms with Crippen LogP contribution in [0.5, 0.6) is 0 Å². The number of hydrogen-bond donors (Lipinski definition) is 1. The normalized spacial score (nSPS) is 18.5. The van der Waals surface area contributed by atoms with Crippen LogP contribution in [-0.4, -0.2) is 49.3 Å². The van der Waals surface area contributed by atoms with Gasteiger partial charge in [-0.1, -0.05) is 44.2 Å². The van der Waals surface area contributed by atoms with Crippen molar-refractivity contribution in [3.8, 4) is 11.3 Å². The van der Waals surface area contributed by atoms with Gasteiger partial charge in [-0.3, -0.25) is 9.20 Å². The van der Waals surface area contributed by atoms with E-state index < -0.39 is 0 Å². The van der Waals surface area contributed by atoms with E-state index >= 15 is 0 Å². The highest BCUT2D eigenvalue weighted by Gasteiger charge is 2.35. The second-order valence-corrected chi connectivity index (χ2v) is 9.44. The number of amides is 1. The molecular weight excluding hydrogens is 432 g/mol. The van der Waals surface area contributed by atoms with Crippen molar-refractivity contribution in [1.29, 1.82) is 0 Å². The topological polar surface area (TPSA) is 75.4 Å². The maximum absolute atomic E-state index is 14.0. The summed E-state index contributed by atoms with van der Waals surface area (Å²) in [5.74, 6) is 1.00. The Morgan fingerprint density at radius 1 is 1.21 bits per heavy atom. The van der Waals surface area contributed by atoms with Crippen molar-refractivity contribution < 1.29 is 4.79 Å². The number of aromatic nitrogens is 4. The van der Waals surface area contributed by atoms with Gasteiger partial charge in [0.1, 0.15) is 11.4 Å². The molecule has 0 saturated carbocycles. The summed E-state index contributed by atoms with van der Waals surface area (Å²) in [5, 5.41) is 5.34. The Hall–Kier alpha value is -3.26. The van der Waals surface area contributed by atoms with Crippen LogP contribution in [0, 0.1) is 5.92 Å². The zero-order valence-electron chi connectivity index (χ0n) is 18.9. The number of fused-ring (bicyclic) bond motifs is 1. The third-order valence-electron chi connectivity index (χ3n) is 6.47. The Morgan fingerprint density at radius 3 is 2.76 bits per heavy atom. The molecule has 1 aromatic carbocycles. The highest BCUT2D eigenvalue weighted by Crippen LogP contribution is 2.31. The number of carbonyl (C=O) groups excluding carboxylic acids is 1. The molecular formula is C25H28N6OS. The first-order valence-corrected chi connectivity index (χ1v) is 12.4. The van der Waals surface area contributed by atoms with Crippen LogP contribution >= 0.6 is 11.3 Å². The van der Waals surface area contributed by atoms with Gasteiger partial charge in [0.05, 0.1) is 6.04 Å². The van der Waals surface area contributed by atoms with E-state index in [0.717, 1.165) is 47.6 Å². The van der Waals surface area contributed by atoms with E-state index in [4.69, 9.17) is 4.98 Å². The summed E-state index contributed by atoms with van der Waals surface area (Å²) in [4.78, 5) is 30.6. The fourth-order valence-corrected chi connectivity index (χ4v) is 5.27. The molecule has 2 atom stereocenters. The van der Waals surface area contributed by atoms with E-state index in [0.29, 0.717) is 24.1 Å². The molecule has 33 heavy (non-hydrogen) atoms. The molecule has 4 aromatic rings. The summed E-state index contributed by atoms with van der Waals surface area (Å²) >= 11 is 1.55. The molecule has 8 heteroatoms. The average molecular weight is 461 g/mol. The fraction of sp³-hybridized carbons (Fsp3) is 0.360. The van der Waals surface area contributed by atoms with Crippen molar-refractivity contribution in [3.63, 3.8) is 0 Å². The zero-order chi connectivity index (χ0) is 22.8. The lowest BCUT2D eigenvalue weighted by atomic mass is 9.90. The van der Waals surface area contributed by atoms with Crippen LogP contribution in [-0.2, 0) is 6.42 Å². The van der Waals surface area contributed by atoms with Gasteiger partial charge in [-0.05, 0) is 30.7 Å². The summed E-state index contributed by atoms with van der Waals surface area (Å²) in [6.45, 7) is 5.66. The molecule has 5 rings (SSSR count). The predicted octanol–water partition coefficient (Wildman–Crippen LogP) is 4.77. The summed E-state index contributed by atoms with van der Waals surface area (Å²) in [6, 6.07) is 10.0. The van der Waals surface area contributed by atoms with Gasteiger partial charge in [0.25, 0.3) is 5.91 Å². The lowest BCUT2D eigenvalue weighted by molar-refractivity contribution is 0.0534.